The third kappa shape index (κ3) is 5.73. The van der Waals surface area contributed by atoms with Crippen LogP contribution in [0.15, 0.2) is 24.3 Å². The molecule has 3 rings (SSSR count). The lowest BCUT2D eigenvalue weighted by atomic mass is 9.99. The van der Waals surface area contributed by atoms with Gasteiger partial charge in [0.05, 0.1) is 6.61 Å². The van der Waals surface area contributed by atoms with E-state index in [-0.39, 0.29) is 5.75 Å². The molecule has 0 amide bonds. The number of phenolic OH excluding ortho intramolecular Hbond substituents is 2. The maximum Gasteiger partial charge on any atom is 0.330 e. The summed E-state index contributed by atoms with van der Waals surface area (Å²) >= 11 is 0. The lowest BCUT2D eigenvalue weighted by molar-refractivity contribution is -0.383. The van der Waals surface area contributed by atoms with Crippen molar-refractivity contribution in [3.05, 3.63) is 29.8 Å². The highest BCUT2D eigenvalue weighted by molar-refractivity contribution is 5.87. The van der Waals surface area contributed by atoms with Gasteiger partial charge >= 0.3 is 5.97 Å². The van der Waals surface area contributed by atoms with Crippen LogP contribution < -0.4 is 0 Å². The molecule has 0 radical (unpaired) electrons. The SMILES string of the molecule is O=C(C=Cc1ccc(O)c(O)c1)OCC1OC(OC2(CO)OC(CO)C(O)C2O)C(O)C(O)C1O. The van der Waals surface area contributed by atoms with Crippen molar-refractivity contribution in [3.8, 4) is 11.5 Å². The second-order valence-electron chi connectivity index (χ2n) is 8.09. The molecule has 9 atom stereocenters. The minimum Gasteiger partial charge on any atom is -0.504 e. The number of benzene rings is 1. The molecule has 0 saturated carbocycles. The number of aromatic hydroxyl groups is 2. The Bertz CT molecular complexity index is 908. The van der Waals surface area contributed by atoms with Crippen molar-refractivity contribution in [2.45, 2.75) is 54.8 Å². The number of ether oxygens (including phenoxy) is 4. The van der Waals surface area contributed by atoms with Crippen LogP contribution in [0.25, 0.3) is 6.08 Å². The van der Waals surface area contributed by atoms with Gasteiger partial charge in [0.2, 0.25) is 5.79 Å². The van der Waals surface area contributed by atoms with Crippen molar-refractivity contribution in [1.29, 1.82) is 0 Å². The summed E-state index contributed by atoms with van der Waals surface area (Å²) in [6.45, 7) is -2.38. The summed E-state index contributed by atoms with van der Waals surface area (Å²) in [6, 6.07) is 3.83. The topological polar surface area (TPSA) is 236 Å². The summed E-state index contributed by atoms with van der Waals surface area (Å²) in [4.78, 5) is 12.0. The zero-order valence-electron chi connectivity index (χ0n) is 18.2. The van der Waals surface area contributed by atoms with Crippen LogP contribution in [0, 0.1) is 0 Å². The molecule has 2 saturated heterocycles. The summed E-state index contributed by atoms with van der Waals surface area (Å²) in [6.07, 6.45) is -11.3. The van der Waals surface area contributed by atoms with Crippen LogP contribution in [-0.2, 0) is 23.7 Å². The third-order valence-corrected chi connectivity index (χ3v) is 5.69. The molecule has 1 aromatic carbocycles. The molecular weight excluding hydrogens is 476 g/mol. The van der Waals surface area contributed by atoms with Gasteiger partial charge in [-0.3, -0.25) is 0 Å². The lowest BCUT2D eigenvalue weighted by Crippen LogP contribution is -2.62. The van der Waals surface area contributed by atoms with Gasteiger partial charge in [-0.2, -0.15) is 0 Å². The Hall–Kier alpha value is -2.37. The number of carbonyl (C=O) groups excluding carboxylic acids is 1. The van der Waals surface area contributed by atoms with E-state index in [0.29, 0.717) is 5.56 Å². The van der Waals surface area contributed by atoms with Crippen LogP contribution in [0.5, 0.6) is 11.5 Å². The molecule has 2 aliphatic rings. The maximum absolute atomic E-state index is 12.0. The molecule has 9 N–H and O–H groups in total. The standard InChI is InChI=1S/C21H28O14/c22-6-12-16(28)19(31)21(8-23,34-12)35-20-18(30)17(29)15(27)13(33-20)7-32-14(26)4-2-9-1-3-10(24)11(25)5-9/h1-5,12-13,15-20,22-25,27-31H,6-8H2. The average Bonchev–Trinajstić information content (AvgIpc) is 3.09. The molecule has 0 spiro atoms. The molecule has 196 valence electrons. The Morgan fingerprint density at radius 3 is 2.29 bits per heavy atom. The van der Waals surface area contributed by atoms with E-state index in [1.54, 1.807) is 0 Å². The summed E-state index contributed by atoms with van der Waals surface area (Å²) in [7, 11) is 0. The second-order valence-corrected chi connectivity index (χ2v) is 8.09. The predicted molar refractivity (Wildman–Crippen MR) is 111 cm³/mol. The fraction of sp³-hybridized carbons (Fsp3) is 0.571. The monoisotopic (exact) mass is 504 g/mol. The molecule has 9 unspecified atom stereocenters. The third-order valence-electron chi connectivity index (χ3n) is 5.69. The highest BCUT2D eigenvalue weighted by Crippen LogP contribution is 2.36. The number of aliphatic hydroxyl groups excluding tert-OH is 7. The van der Waals surface area contributed by atoms with E-state index >= 15 is 0 Å². The van der Waals surface area contributed by atoms with Gasteiger partial charge in [0, 0.05) is 6.08 Å². The minimum atomic E-state index is -2.33. The van der Waals surface area contributed by atoms with Crippen LogP contribution in [0.1, 0.15) is 5.56 Å². The van der Waals surface area contributed by atoms with Gasteiger partial charge in [0.25, 0.3) is 0 Å². The Labute approximate surface area is 198 Å². The number of rotatable bonds is 8. The first kappa shape index (κ1) is 27.2. The van der Waals surface area contributed by atoms with Crippen LogP contribution >= 0.6 is 0 Å². The van der Waals surface area contributed by atoms with Gasteiger partial charge in [-0.1, -0.05) is 6.07 Å². The van der Waals surface area contributed by atoms with Gasteiger partial charge in [-0.15, -0.1) is 0 Å². The Morgan fingerprint density at radius 1 is 0.971 bits per heavy atom. The van der Waals surface area contributed by atoms with E-state index in [1.807, 2.05) is 0 Å². The highest BCUT2D eigenvalue weighted by Gasteiger charge is 2.58. The molecular formula is C21H28O14. The summed E-state index contributed by atoms with van der Waals surface area (Å²) < 4.78 is 20.9. The quantitative estimate of drug-likeness (QED) is 0.0941. The number of hydrogen-bond donors (Lipinski definition) is 9. The first-order valence-electron chi connectivity index (χ1n) is 10.5. The van der Waals surface area contributed by atoms with Gasteiger partial charge in [-0.05, 0) is 23.8 Å². The first-order chi connectivity index (χ1) is 16.5. The van der Waals surface area contributed by atoms with Gasteiger partial charge in [-0.25, -0.2) is 4.79 Å². The molecule has 35 heavy (non-hydrogen) atoms. The van der Waals surface area contributed by atoms with E-state index in [9.17, 15) is 50.8 Å². The molecule has 2 aliphatic heterocycles. The molecule has 2 heterocycles. The molecule has 2 fully saturated rings. The summed E-state index contributed by atoms with van der Waals surface area (Å²) in [5.74, 6) is -3.97. The lowest BCUT2D eigenvalue weighted by Gasteiger charge is -2.43. The average molecular weight is 504 g/mol. The van der Waals surface area contributed by atoms with Crippen molar-refractivity contribution < 1.29 is 69.7 Å². The van der Waals surface area contributed by atoms with Crippen molar-refractivity contribution in [1.82, 2.24) is 0 Å². The first-order valence-corrected chi connectivity index (χ1v) is 10.5. The minimum absolute atomic E-state index is 0.342. The van der Waals surface area contributed by atoms with Crippen LogP contribution in [-0.4, -0.2) is 127 Å². The van der Waals surface area contributed by atoms with E-state index in [1.165, 1.54) is 24.3 Å². The van der Waals surface area contributed by atoms with E-state index in [4.69, 9.17) is 18.9 Å². The number of esters is 1. The van der Waals surface area contributed by atoms with Crippen molar-refractivity contribution >= 4 is 12.0 Å². The number of hydrogen-bond acceptors (Lipinski definition) is 14. The van der Waals surface area contributed by atoms with Gasteiger partial charge in [0.15, 0.2) is 17.8 Å². The summed E-state index contributed by atoms with van der Waals surface area (Å²) in [5.41, 5.74) is 0.367. The maximum atomic E-state index is 12.0. The number of carbonyl (C=O) groups is 1. The van der Waals surface area contributed by atoms with E-state index in [0.717, 1.165) is 6.08 Å². The molecule has 1 aromatic rings. The fourth-order valence-corrected chi connectivity index (χ4v) is 3.64. The van der Waals surface area contributed by atoms with Gasteiger partial charge < -0.3 is 64.9 Å². The van der Waals surface area contributed by atoms with Crippen LogP contribution in [0.3, 0.4) is 0 Å². The van der Waals surface area contributed by atoms with Crippen molar-refractivity contribution in [3.63, 3.8) is 0 Å². The van der Waals surface area contributed by atoms with Gasteiger partial charge in [0.1, 0.15) is 55.9 Å². The Balaban J connectivity index is 1.64. The molecule has 0 bridgehead atoms. The predicted octanol–water partition coefficient (Wildman–Crippen LogP) is -3.72. The normalized spacial score (nSPS) is 37.6. The highest BCUT2D eigenvalue weighted by atomic mass is 16.8. The zero-order valence-corrected chi connectivity index (χ0v) is 18.2. The second kappa shape index (κ2) is 11.1. The molecule has 0 aromatic heterocycles. The van der Waals surface area contributed by atoms with Crippen molar-refractivity contribution in [2.75, 3.05) is 19.8 Å². The Kier molecular flexibility index (Phi) is 8.66. The van der Waals surface area contributed by atoms with Crippen molar-refractivity contribution in [2.24, 2.45) is 0 Å². The molecule has 14 nitrogen and oxygen atoms in total. The molecule has 14 heteroatoms. The van der Waals surface area contributed by atoms with Crippen LogP contribution in [0.4, 0.5) is 0 Å². The largest absolute Gasteiger partial charge is 0.504 e. The zero-order chi connectivity index (χ0) is 25.9. The smallest absolute Gasteiger partial charge is 0.330 e. The fourth-order valence-electron chi connectivity index (χ4n) is 3.64. The van der Waals surface area contributed by atoms with Crippen LogP contribution in [0.2, 0.25) is 0 Å². The Morgan fingerprint density at radius 2 is 1.69 bits per heavy atom. The number of phenols is 2. The van der Waals surface area contributed by atoms with E-state index in [2.05, 4.69) is 0 Å². The van der Waals surface area contributed by atoms with E-state index < -0.39 is 86.3 Å². The molecule has 0 aliphatic carbocycles. The summed E-state index contributed by atoms with van der Waals surface area (Å²) in [5, 5.41) is 88.6. The number of aliphatic hydroxyl groups is 7.